The van der Waals surface area contributed by atoms with Crippen LogP contribution in [0.3, 0.4) is 0 Å². The number of fused-ring (bicyclic) bond motifs is 16. The summed E-state index contributed by atoms with van der Waals surface area (Å²) in [5, 5.41) is 104. The van der Waals surface area contributed by atoms with Crippen LogP contribution in [0, 0.1) is 101 Å². The van der Waals surface area contributed by atoms with Crippen molar-refractivity contribution in [1.29, 1.82) is 0 Å². The standard InChI is InChI=1S/C89H132O8/c1-17-50(9)25-58-26-66-42-68-28-59(51(10)18-2)30-70(83(68)91)44-72-32-61(53(12)20-4)34-74(85(72)93)46-76-36-63(55(14)22-6)38-78(87(76)95)48-80-40-65(57(16)24-8)41-81(89(80)97)49-79-39-64(56(15)23-7)37-77(88(79)96)47-75-35-62(54(13)21-5)33-73(86(75)94)45-71-31-60(52(11)19-3)29-69(84(71)92)43-67(27-58)82(66)90/h26-36,38-41,50-57,64,67,70-73,76-77,81-97H,17-25,37,42-49H2,1-16H3. The molecular weight excluding hydrogens is 1200 g/mol. The molecule has 8 nitrogen and oxygen atoms in total. The van der Waals surface area contributed by atoms with Gasteiger partial charge in [0.25, 0.3) is 0 Å². The summed E-state index contributed by atoms with van der Waals surface area (Å²) in [5.74, 6) is -0.0231. The van der Waals surface area contributed by atoms with Gasteiger partial charge in [-0.15, -0.1) is 0 Å². The van der Waals surface area contributed by atoms with E-state index in [9.17, 15) is 40.9 Å². The van der Waals surface area contributed by atoms with Crippen molar-refractivity contribution in [3.63, 3.8) is 0 Å². The molecule has 0 heterocycles. The van der Waals surface area contributed by atoms with Crippen LogP contribution in [0.1, 0.15) is 226 Å². The average Bonchev–Trinajstić information content (AvgIpc) is 0.801. The number of aliphatic hydroxyl groups excluding tert-OH is 8. The van der Waals surface area contributed by atoms with Gasteiger partial charge in [-0.1, -0.05) is 220 Å². The van der Waals surface area contributed by atoms with Crippen LogP contribution in [0.15, 0.2) is 175 Å². The topological polar surface area (TPSA) is 162 Å². The predicted octanol–water partition coefficient (Wildman–Crippen LogP) is 18.7. The van der Waals surface area contributed by atoms with Crippen LogP contribution in [0.2, 0.25) is 0 Å². The van der Waals surface area contributed by atoms with Crippen molar-refractivity contribution in [2.75, 3.05) is 0 Å². The van der Waals surface area contributed by atoms with Gasteiger partial charge in [-0.2, -0.15) is 0 Å². The molecule has 0 aliphatic heterocycles. The molecule has 9 aliphatic carbocycles. The van der Waals surface area contributed by atoms with Crippen LogP contribution in [0.4, 0.5) is 0 Å². The molecular formula is C89H132O8. The summed E-state index contributed by atoms with van der Waals surface area (Å²) in [4.78, 5) is 0. The van der Waals surface area contributed by atoms with Gasteiger partial charge in [0.2, 0.25) is 0 Å². The molecule has 0 radical (unpaired) electrons. The van der Waals surface area contributed by atoms with Crippen LogP contribution in [0.25, 0.3) is 0 Å². The highest BCUT2D eigenvalue weighted by Gasteiger charge is 2.43. The second kappa shape index (κ2) is 34.2. The van der Waals surface area contributed by atoms with Gasteiger partial charge in [-0.25, -0.2) is 0 Å². The van der Waals surface area contributed by atoms with Gasteiger partial charge in [0, 0.05) is 41.4 Å². The summed E-state index contributed by atoms with van der Waals surface area (Å²) in [6.45, 7) is 35.9. The summed E-state index contributed by atoms with van der Waals surface area (Å²) in [6, 6.07) is 0. The molecule has 25 atom stereocenters. The van der Waals surface area contributed by atoms with Crippen molar-refractivity contribution in [3.8, 4) is 0 Å². The summed E-state index contributed by atoms with van der Waals surface area (Å²) in [5.41, 5.74) is 15.5. The largest absolute Gasteiger partial charge is 0.388 e. The quantitative estimate of drug-likeness (QED) is 0.0668. The predicted molar refractivity (Wildman–Crippen MR) is 403 cm³/mol. The van der Waals surface area contributed by atoms with Gasteiger partial charge in [0.05, 0.1) is 48.8 Å². The lowest BCUT2D eigenvalue weighted by Gasteiger charge is -2.40. The molecule has 0 aromatic heterocycles. The molecule has 97 heavy (non-hydrogen) atoms. The van der Waals surface area contributed by atoms with E-state index in [1.165, 1.54) is 39.0 Å². The fraction of sp³-hybridized carbons (Fsp3) is 0.663. The minimum atomic E-state index is -0.867. The van der Waals surface area contributed by atoms with Crippen LogP contribution >= 0.6 is 0 Å². The highest BCUT2D eigenvalue weighted by atomic mass is 16.3. The number of rotatable bonds is 17. The molecule has 16 bridgehead atoms. The third kappa shape index (κ3) is 17.8. The van der Waals surface area contributed by atoms with Crippen LogP contribution in [-0.4, -0.2) is 89.7 Å². The normalized spacial score (nSPS) is 35.5. The van der Waals surface area contributed by atoms with Gasteiger partial charge in [-0.05, 0) is 240 Å². The Hall–Kier alpha value is -4.22. The van der Waals surface area contributed by atoms with Crippen molar-refractivity contribution < 1.29 is 40.9 Å². The Kier molecular flexibility index (Phi) is 27.1. The van der Waals surface area contributed by atoms with Crippen molar-refractivity contribution >= 4 is 0 Å². The molecule has 0 saturated heterocycles. The van der Waals surface area contributed by atoms with E-state index in [0.29, 0.717) is 63.2 Å². The average molecular weight is 1330 g/mol. The molecule has 0 aromatic rings. The second-order valence-electron chi connectivity index (χ2n) is 33.0. The molecule has 1 saturated carbocycles. The van der Waals surface area contributed by atoms with Gasteiger partial charge < -0.3 is 40.9 Å². The maximum absolute atomic E-state index is 13.0. The lowest BCUT2D eigenvalue weighted by Crippen LogP contribution is -2.37. The third-order valence-electron chi connectivity index (χ3n) is 26.2. The van der Waals surface area contributed by atoms with E-state index < -0.39 is 48.8 Å². The van der Waals surface area contributed by atoms with E-state index in [-0.39, 0.29) is 88.8 Å². The number of hydrogen-bond acceptors (Lipinski definition) is 8. The van der Waals surface area contributed by atoms with Gasteiger partial charge in [0.15, 0.2) is 0 Å². The van der Waals surface area contributed by atoms with Crippen LogP contribution in [-0.2, 0) is 0 Å². The zero-order chi connectivity index (χ0) is 70.4. The first-order chi connectivity index (χ1) is 46.2. The van der Waals surface area contributed by atoms with E-state index in [0.717, 1.165) is 109 Å². The molecule has 0 amide bonds. The zero-order valence-corrected chi connectivity index (χ0v) is 62.9. The van der Waals surface area contributed by atoms with Crippen molar-refractivity contribution in [2.45, 2.75) is 275 Å². The molecule has 9 aliphatic rings. The second-order valence-corrected chi connectivity index (χ2v) is 33.0. The molecule has 25 unspecified atom stereocenters. The first-order valence-corrected chi connectivity index (χ1v) is 39.3. The fourth-order valence-electron chi connectivity index (χ4n) is 17.7. The lowest BCUT2D eigenvalue weighted by atomic mass is 9.67. The van der Waals surface area contributed by atoms with Crippen LogP contribution < -0.4 is 0 Å². The van der Waals surface area contributed by atoms with E-state index in [4.69, 9.17) is 0 Å². The maximum Gasteiger partial charge on any atom is 0.0822 e. The summed E-state index contributed by atoms with van der Waals surface area (Å²) >= 11 is 0. The van der Waals surface area contributed by atoms with E-state index in [1.807, 2.05) is 0 Å². The number of hydrogen-bond donors (Lipinski definition) is 8. The molecule has 8 N–H and O–H groups in total. The van der Waals surface area contributed by atoms with Gasteiger partial charge >= 0.3 is 0 Å². The van der Waals surface area contributed by atoms with E-state index in [2.05, 4.69) is 202 Å². The molecule has 9 rings (SSSR count). The zero-order valence-electron chi connectivity index (χ0n) is 62.9. The molecule has 1 fully saturated rings. The highest BCUT2D eigenvalue weighted by Crippen LogP contribution is 2.49. The SMILES string of the molecule is CCC(C)CC1=CC2CC3=CC(C(C)CC)=CC(CC4C=C(C(C)CC)C=C(CC5CC(C(C)CC)C=C(CC6C=C(C(C)CC)C=C(CC7=CC(C(C)CC)=CC(CC8=CC(C(C)CC)=CC(CC9C=C(C(C)CC)C=C(CC(=C1)C2O)C9O)C8O)C7O)C6O)C5O)C4O)C3O. The Morgan fingerprint density at radius 3 is 0.918 bits per heavy atom. The number of allylic oxidation sites excluding steroid dienone is 15. The first kappa shape index (κ1) is 76.9. The summed E-state index contributed by atoms with van der Waals surface area (Å²) in [6.07, 6.45) is 40.0. The van der Waals surface area contributed by atoms with E-state index in [1.54, 1.807) is 0 Å². The molecule has 8 heteroatoms. The molecule has 536 valence electrons. The van der Waals surface area contributed by atoms with Crippen molar-refractivity contribution in [3.05, 3.63) is 175 Å². The Bertz CT molecular complexity index is 3240. The van der Waals surface area contributed by atoms with Crippen molar-refractivity contribution in [1.82, 2.24) is 0 Å². The van der Waals surface area contributed by atoms with Gasteiger partial charge in [0.1, 0.15) is 0 Å². The molecule has 0 spiro atoms. The summed E-state index contributed by atoms with van der Waals surface area (Å²) in [7, 11) is 0. The fourth-order valence-corrected chi connectivity index (χ4v) is 17.7. The number of aliphatic hydroxyl groups is 8. The lowest BCUT2D eigenvalue weighted by molar-refractivity contribution is 0.0803. The Labute approximate surface area is 588 Å². The Morgan fingerprint density at radius 2 is 0.577 bits per heavy atom. The smallest absolute Gasteiger partial charge is 0.0822 e. The highest BCUT2D eigenvalue weighted by molar-refractivity contribution is 5.46. The minimum absolute atomic E-state index is 0.169. The van der Waals surface area contributed by atoms with E-state index >= 15 is 0 Å². The first-order valence-electron chi connectivity index (χ1n) is 39.3. The van der Waals surface area contributed by atoms with Crippen LogP contribution in [0.5, 0.6) is 0 Å². The maximum atomic E-state index is 13.0. The Morgan fingerprint density at radius 1 is 0.289 bits per heavy atom. The van der Waals surface area contributed by atoms with Crippen molar-refractivity contribution in [2.24, 2.45) is 101 Å². The van der Waals surface area contributed by atoms with Gasteiger partial charge in [-0.3, -0.25) is 0 Å². The summed E-state index contributed by atoms with van der Waals surface area (Å²) < 4.78 is 0. The molecule has 0 aromatic carbocycles. The third-order valence-corrected chi connectivity index (χ3v) is 26.2. The minimum Gasteiger partial charge on any atom is -0.388 e. The monoisotopic (exact) mass is 1330 g/mol. The Balaban J connectivity index is 1.16.